The monoisotopic (exact) mass is 904 g/mol. The van der Waals surface area contributed by atoms with Crippen LogP contribution in [-0.2, 0) is 5.41 Å². The van der Waals surface area contributed by atoms with Crippen LogP contribution in [0.5, 0.6) is 0 Å². The third-order valence-electron chi connectivity index (χ3n) is 15.6. The lowest BCUT2D eigenvalue weighted by molar-refractivity contribution is 0.661. The minimum atomic E-state index is -0.301. The molecule has 14 aromatic rings. The SMILES string of the molecule is [C-]#[N+]c1c(-n2c3ccccc3c3cc4c(cc32)C(C)(C)c2ccccc2-4)c(C#N)c(-n2c3ccccc3c3ccccc32)c(-n2c3ccccc3c3ccccc32)c1-n1c2ccccc2c2ccccc21. The number of hydrogen-bond acceptors (Lipinski definition) is 1. The van der Waals surface area contributed by atoms with Crippen molar-refractivity contribution in [1.82, 2.24) is 18.3 Å². The van der Waals surface area contributed by atoms with Crippen LogP contribution in [0, 0.1) is 17.9 Å². The van der Waals surface area contributed by atoms with Gasteiger partial charge >= 0.3 is 0 Å². The van der Waals surface area contributed by atoms with Crippen molar-refractivity contribution in [2.45, 2.75) is 19.3 Å². The van der Waals surface area contributed by atoms with E-state index in [0.29, 0.717) is 28.3 Å². The molecule has 10 aromatic carbocycles. The molecule has 1 aliphatic carbocycles. The Morgan fingerprint density at radius 3 is 1.14 bits per heavy atom. The standard InChI is InChI=1S/C65H40N6/c1-65(2)50-28-12-4-20-39(50)47-36-48-46-27-11-19-35-58(46)71(59(48)37-51(47)65)61-49(38-66)62(68-52-29-13-5-21-40(52)41-22-6-14-30-53(41)68)64(70-56-33-17-9-25-44(56)45-26-10-18-34-57(45)70)63(60(61)67-3)69-54-31-15-7-23-42(54)43-24-8-16-32-55(43)69/h4-37H,1-2H3. The minimum absolute atomic E-state index is 0.301. The van der Waals surface area contributed by atoms with Gasteiger partial charge in [0.2, 0.25) is 5.69 Å². The zero-order valence-electron chi connectivity index (χ0n) is 38.8. The molecular formula is C65H40N6. The van der Waals surface area contributed by atoms with E-state index < -0.39 is 0 Å². The summed E-state index contributed by atoms with van der Waals surface area (Å²) < 4.78 is 9.20. The summed E-state index contributed by atoms with van der Waals surface area (Å²) in [6.45, 7) is 14.4. The van der Waals surface area contributed by atoms with Gasteiger partial charge in [0.25, 0.3) is 0 Å². The fourth-order valence-electron chi connectivity index (χ4n) is 12.7. The molecule has 0 fully saturated rings. The summed E-state index contributed by atoms with van der Waals surface area (Å²) >= 11 is 0. The first-order valence-corrected chi connectivity index (χ1v) is 24.1. The Hall–Kier alpha value is -9.62. The minimum Gasteiger partial charge on any atom is -0.318 e. The summed E-state index contributed by atoms with van der Waals surface area (Å²) in [5, 5.41) is 21.1. The number of para-hydroxylation sites is 7. The van der Waals surface area contributed by atoms with Gasteiger partial charge in [-0.1, -0.05) is 166 Å². The highest BCUT2D eigenvalue weighted by Gasteiger charge is 2.38. The highest BCUT2D eigenvalue weighted by atomic mass is 15.1. The lowest BCUT2D eigenvalue weighted by Gasteiger charge is -2.27. The number of nitriles is 1. The van der Waals surface area contributed by atoms with Crippen LogP contribution >= 0.6 is 0 Å². The lowest BCUT2D eigenvalue weighted by atomic mass is 9.82. The molecule has 0 saturated carbocycles. The molecule has 0 bridgehead atoms. The predicted octanol–water partition coefficient (Wildman–Crippen LogP) is 16.8. The van der Waals surface area contributed by atoms with Crippen LogP contribution < -0.4 is 0 Å². The predicted molar refractivity (Wildman–Crippen MR) is 292 cm³/mol. The average Bonchev–Trinajstić information content (AvgIpc) is 4.19. The smallest absolute Gasteiger partial charge is 0.237 e. The second-order valence-corrected chi connectivity index (χ2v) is 19.4. The fourth-order valence-corrected chi connectivity index (χ4v) is 12.7. The molecule has 71 heavy (non-hydrogen) atoms. The van der Waals surface area contributed by atoms with Gasteiger partial charge in [-0.15, -0.1) is 0 Å². The Kier molecular flexibility index (Phi) is 7.88. The number of benzene rings is 10. The Morgan fingerprint density at radius 1 is 0.366 bits per heavy atom. The molecule has 0 spiro atoms. The van der Waals surface area contributed by atoms with Crippen molar-refractivity contribution in [3.05, 3.63) is 234 Å². The van der Waals surface area contributed by atoms with Crippen molar-refractivity contribution in [2.75, 3.05) is 0 Å². The van der Waals surface area contributed by atoms with Gasteiger partial charge in [-0.2, -0.15) is 5.26 Å². The van der Waals surface area contributed by atoms with E-state index in [1.165, 1.54) is 22.3 Å². The first-order chi connectivity index (χ1) is 35.0. The maximum Gasteiger partial charge on any atom is 0.237 e. The molecule has 0 aliphatic heterocycles. The van der Waals surface area contributed by atoms with Crippen molar-refractivity contribution in [2.24, 2.45) is 0 Å². The number of fused-ring (bicyclic) bond motifs is 15. The maximum absolute atomic E-state index is 12.5. The quantitative estimate of drug-likeness (QED) is 0.162. The van der Waals surface area contributed by atoms with E-state index in [1.54, 1.807) is 0 Å². The molecule has 330 valence electrons. The van der Waals surface area contributed by atoms with Crippen LogP contribution in [0.2, 0.25) is 0 Å². The van der Waals surface area contributed by atoms with E-state index in [0.717, 1.165) is 92.9 Å². The summed E-state index contributed by atoms with van der Waals surface area (Å²) in [6, 6.07) is 76.0. The Labute approximate surface area is 408 Å². The van der Waals surface area contributed by atoms with Gasteiger partial charge in [0.05, 0.1) is 79.0 Å². The van der Waals surface area contributed by atoms with Gasteiger partial charge in [0, 0.05) is 48.5 Å². The third kappa shape index (κ3) is 5.02. The van der Waals surface area contributed by atoms with Crippen LogP contribution in [0.1, 0.15) is 30.5 Å². The van der Waals surface area contributed by atoms with Gasteiger partial charge in [-0.3, -0.25) is 0 Å². The van der Waals surface area contributed by atoms with Crippen LogP contribution in [0.3, 0.4) is 0 Å². The summed E-state index contributed by atoms with van der Waals surface area (Å²) in [4.78, 5) is 4.76. The van der Waals surface area contributed by atoms with E-state index >= 15 is 0 Å². The van der Waals surface area contributed by atoms with Gasteiger partial charge < -0.3 is 18.3 Å². The van der Waals surface area contributed by atoms with Gasteiger partial charge in [-0.25, -0.2) is 4.85 Å². The average molecular weight is 905 g/mol. The topological polar surface area (TPSA) is 47.9 Å². The van der Waals surface area contributed by atoms with Crippen molar-refractivity contribution in [1.29, 1.82) is 5.26 Å². The van der Waals surface area contributed by atoms with E-state index in [4.69, 9.17) is 4.85 Å². The number of aromatic nitrogens is 4. The van der Waals surface area contributed by atoms with Crippen molar-refractivity contribution in [3.8, 4) is 39.9 Å². The highest BCUT2D eigenvalue weighted by molar-refractivity contribution is 6.17. The molecule has 0 amide bonds. The molecule has 6 nitrogen and oxygen atoms in total. The second-order valence-electron chi connectivity index (χ2n) is 19.4. The molecule has 0 N–H and O–H groups in total. The first-order valence-electron chi connectivity index (χ1n) is 24.1. The zero-order chi connectivity index (χ0) is 47.3. The van der Waals surface area contributed by atoms with Crippen LogP contribution in [0.4, 0.5) is 5.69 Å². The molecule has 0 saturated heterocycles. The van der Waals surface area contributed by atoms with E-state index in [-0.39, 0.29) is 5.41 Å². The van der Waals surface area contributed by atoms with Crippen molar-refractivity contribution in [3.63, 3.8) is 0 Å². The molecule has 0 atom stereocenters. The molecule has 6 heteroatoms. The lowest BCUT2D eigenvalue weighted by Crippen LogP contribution is -2.15. The second kappa shape index (κ2) is 14.2. The first kappa shape index (κ1) is 39.4. The van der Waals surface area contributed by atoms with Gasteiger partial charge in [-0.05, 0) is 76.9 Å². The van der Waals surface area contributed by atoms with E-state index in [1.807, 2.05) is 0 Å². The number of nitrogens with zero attached hydrogens (tertiary/aromatic N) is 6. The Bertz CT molecular complexity index is 4450. The third-order valence-corrected chi connectivity index (χ3v) is 15.6. The Balaban J connectivity index is 1.26. The van der Waals surface area contributed by atoms with E-state index in [2.05, 4.69) is 244 Å². The molecule has 15 rings (SSSR count). The van der Waals surface area contributed by atoms with Gasteiger partial charge in [0.15, 0.2) is 0 Å². The normalized spacial score (nSPS) is 13.0. The summed E-state index contributed by atoms with van der Waals surface area (Å²) in [7, 11) is 0. The van der Waals surface area contributed by atoms with E-state index in [9.17, 15) is 11.8 Å². The maximum atomic E-state index is 12.5. The summed E-state index contributed by atoms with van der Waals surface area (Å²) in [5.74, 6) is 0. The highest BCUT2D eigenvalue weighted by Crippen LogP contribution is 2.54. The fraction of sp³-hybridized carbons (Fsp3) is 0.0462. The van der Waals surface area contributed by atoms with Crippen molar-refractivity contribution >= 4 is 92.9 Å². The molecular weight excluding hydrogens is 865 g/mol. The zero-order valence-corrected chi connectivity index (χ0v) is 38.8. The molecule has 0 radical (unpaired) electrons. The number of hydrogen-bond donors (Lipinski definition) is 0. The van der Waals surface area contributed by atoms with Crippen LogP contribution in [0.15, 0.2) is 206 Å². The molecule has 1 aliphatic rings. The molecule has 4 aromatic heterocycles. The molecule has 4 heterocycles. The summed E-state index contributed by atoms with van der Waals surface area (Å²) in [6.07, 6.45) is 0. The van der Waals surface area contributed by atoms with Crippen molar-refractivity contribution < 1.29 is 0 Å². The van der Waals surface area contributed by atoms with Gasteiger partial charge in [0.1, 0.15) is 6.07 Å². The van der Waals surface area contributed by atoms with Crippen LogP contribution in [0.25, 0.3) is 126 Å². The Morgan fingerprint density at radius 2 is 0.718 bits per heavy atom. The number of rotatable bonds is 4. The summed E-state index contributed by atoms with van der Waals surface area (Å²) in [5.41, 5.74) is 15.7. The molecule has 0 unspecified atom stereocenters. The largest absolute Gasteiger partial charge is 0.318 e. The van der Waals surface area contributed by atoms with Crippen LogP contribution in [-0.4, -0.2) is 18.3 Å².